The minimum Gasteiger partial charge on any atom is -0.387 e. The molecule has 0 amide bonds. The van der Waals surface area contributed by atoms with Crippen LogP contribution in [0, 0.1) is 15.9 Å². The number of aliphatic hydroxyl groups is 1. The Morgan fingerprint density at radius 1 is 1.31 bits per heavy atom. The van der Waals surface area contributed by atoms with Gasteiger partial charge in [0.2, 0.25) is 0 Å². The second-order valence-corrected chi connectivity index (χ2v) is 12.2. The van der Waals surface area contributed by atoms with Gasteiger partial charge in [-0.3, -0.25) is 9.09 Å². The van der Waals surface area contributed by atoms with Crippen LogP contribution < -0.4 is 11.5 Å². The molecule has 0 radical (unpaired) electrons. The van der Waals surface area contributed by atoms with Crippen LogP contribution in [0.2, 0.25) is 0 Å². The number of rotatable bonds is 8. The first-order valence-corrected chi connectivity index (χ1v) is 14.5. The predicted octanol–water partition coefficient (Wildman–Crippen LogP) is -0.0416. The Bertz CT molecular complexity index is 1440. The van der Waals surface area contributed by atoms with Crippen molar-refractivity contribution in [2.24, 2.45) is 5.73 Å². The molecule has 36 heavy (non-hydrogen) atoms. The molecular formula is C13H18ClN6O12P3S. The van der Waals surface area contributed by atoms with Gasteiger partial charge in [0.1, 0.15) is 23.4 Å². The summed E-state index contributed by atoms with van der Waals surface area (Å²) in [6.45, 7) is 1.09. The Morgan fingerprint density at radius 2 is 1.94 bits per heavy atom. The number of nitrogens with two attached hydrogens (primary N) is 2. The van der Waals surface area contributed by atoms with E-state index in [1.54, 1.807) is 0 Å². The fourth-order valence-corrected chi connectivity index (χ4v) is 6.95. The number of aromatic amines is 1. The molecule has 0 aliphatic carbocycles. The standard InChI is InChI=1S/C13H18ClN6O12P3S/c1-5(30-34(25,26)32-35(27,28)31-33(22,23)24)7-8(21)13(16,2-3-14)11(29-7)20-4-17-6-9(20)18-12(15)19-10(6)36/h4-5,7-8,11,21H,16H2,1H3,(H,25,26)(H,27,28)(H2,22,23,24)(H3,15,18,19,36)/t5-,7+,8-,11+,13?/m0/s1. The van der Waals surface area contributed by atoms with Gasteiger partial charge in [0.25, 0.3) is 0 Å². The molecule has 200 valence electrons. The molecule has 1 saturated heterocycles. The molecule has 0 spiro atoms. The SMILES string of the molecule is C[C@H](OP(=O)(O)OP(=O)(O)OP(=O)(O)O)[C@H]1O[C@@H](n2cnc3c(=S)nc(N)[nH]c32)C(N)(C#CCl)[C@H]1O. The molecule has 2 aromatic heterocycles. The number of anilines is 1. The summed E-state index contributed by atoms with van der Waals surface area (Å²) >= 11 is 10.6. The number of imidazole rings is 1. The van der Waals surface area contributed by atoms with Gasteiger partial charge < -0.3 is 45.9 Å². The average Bonchev–Trinajstić information content (AvgIpc) is 3.18. The molecule has 18 nitrogen and oxygen atoms in total. The highest BCUT2D eigenvalue weighted by Gasteiger charge is 2.57. The van der Waals surface area contributed by atoms with Crippen LogP contribution in [0.1, 0.15) is 13.2 Å². The van der Waals surface area contributed by atoms with Gasteiger partial charge in [0, 0.05) is 5.38 Å². The van der Waals surface area contributed by atoms with Crippen molar-refractivity contribution in [1.82, 2.24) is 19.5 Å². The van der Waals surface area contributed by atoms with Crippen molar-refractivity contribution < 1.29 is 56.3 Å². The maximum atomic E-state index is 12.2. The zero-order valence-electron chi connectivity index (χ0n) is 17.6. The molecule has 1 fully saturated rings. The quantitative estimate of drug-likeness (QED) is 0.110. The Labute approximate surface area is 211 Å². The summed E-state index contributed by atoms with van der Waals surface area (Å²) in [5, 5.41) is 12.9. The number of ether oxygens (including phenoxy) is 1. The molecule has 7 atom stereocenters. The lowest BCUT2D eigenvalue weighted by atomic mass is 9.90. The van der Waals surface area contributed by atoms with E-state index in [1.807, 2.05) is 5.38 Å². The van der Waals surface area contributed by atoms with Gasteiger partial charge in [-0.2, -0.15) is 8.62 Å². The number of aromatic nitrogens is 4. The molecule has 1 aliphatic heterocycles. The highest BCUT2D eigenvalue weighted by atomic mass is 35.5. The monoisotopic (exact) mass is 610 g/mol. The molecule has 23 heteroatoms. The molecule has 0 bridgehead atoms. The first-order valence-electron chi connectivity index (χ1n) is 9.19. The molecule has 0 saturated carbocycles. The van der Waals surface area contributed by atoms with Gasteiger partial charge in [-0.05, 0) is 18.5 Å². The first-order chi connectivity index (χ1) is 16.4. The second-order valence-electron chi connectivity index (χ2n) is 7.23. The number of aliphatic hydroxyl groups excluding tert-OH is 1. The number of hydrogen-bond acceptors (Lipinski definition) is 13. The van der Waals surface area contributed by atoms with E-state index in [-0.39, 0.29) is 21.8 Å². The average molecular weight is 611 g/mol. The highest BCUT2D eigenvalue weighted by molar-refractivity contribution is 7.71. The normalized spacial score (nSPS) is 28.7. The number of phosphoric acid groups is 3. The summed E-state index contributed by atoms with van der Waals surface area (Å²) in [5.74, 6) is 2.30. The van der Waals surface area contributed by atoms with Gasteiger partial charge in [-0.15, -0.1) is 0 Å². The van der Waals surface area contributed by atoms with Crippen molar-refractivity contribution >= 4 is 64.4 Å². The molecule has 1 aliphatic rings. The Hall–Kier alpha value is -1.29. The van der Waals surface area contributed by atoms with Crippen molar-refractivity contribution in [1.29, 1.82) is 0 Å². The third-order valence-electron chi connectivity index (χ3n) is 4.65. The summed E-state index contributed by atoms with van der Waals surface area (Å²) in [6.07, 6.45) is -5.16. The molecule has 2 aromatic rings. The third kappa shape index (κ3) is 6.22. The third-order valence-corrected chi connectivity index (χ3v) is 8.96. The van der Waals surface area contributed by atoms with E-state index >= 15 is 0 Å². The van der Waals surface area contributed by atoms with Crippen LogP contribution in [-0.2, 0) is 31.6 Å². The van der Waals surface area contributed by atoms with E-state index in [0.717, 1.165) is 6.92 Å². The molecule has 10 N–H and O–H groups in total. The van der Waals surface area contributed by atoms with Gasteiger partial charge >= 0.3 is 23.5 Å². The number of H-pyrrole nitrogens is 1. The van der Waals surface area contributed by atoms with Gasteiger partial charge in [0.15, 0.2) is 22.4 Å². The van der Waals surface area contributed by atoms with Gasteiger partial charge in [-0.25, -0.2) is 23.7 Å². The smallest absolute Gasteiger partial charge is 0.387 e. The van der Waals surface area contributed by atoms with Crippen molar-refractivity contribution in [3.05, 3.63) is 11.0 Å². The lowest BCUT2D eigenvalue weighted by Crippen LogP contribution is -2.54. The summed E-state index contributed by atoms with van der Waals surface area (Å²) in [5.41, 5.74) is 10.3. The zero-order chi connectivity index (χ0) is 27.3. The largest absolute Gasteiger partial charge is 0.490 e. The van der Waals surface area contributed by atoms with E-state index in [1.165, 1.54) is 10.9 Å². The van der Waals surface area contributed by atoms with Crippen molar-refractivity contribution in [2.75, 3.05) is 5.73 Å². The molecule has 3 unspecified atom stereocenters. The number of halogens is 1. The Balaban J connectivity index is 1.92. The zero-order valence-corrected chi connectivity index (χ0v) is 21.9. The number of phosphoric ester groups is 1. The lowest BCUT2D eigenvalue weighted by Gasteiger charge is -2.28. The van der Waals surface area contributed by atoms with Crippen LogP contribution in [-0.4, -0.2) is 68.1 Å². The van der Waals surface area contributed by atoms with Gasteiger partial charge in [0.05, 0.1) is 12.4 Å². The second kappa shape index (κ2) is 10.1. The Morgan fingerprint density at radius 3 is 2.53 bits per heavy atom. The fraction of sp³-hybridized carbons (Fsp3) is 0.462. The van der Waals surface area contributed by atoms with Crippen LogP contribution in [0.15, 0.2) is 6.33 Å². The van der Waals surface area contributed by atoms with E-state index < -0.39 is 53.5 Å². The topological polar surface area (TPSA) is 288 Å². The van der Waals surface area contributed by atoms with Crippen LogP contribution in [0.5, 0.6) is 0 Å². The number of nitrogens with zero attached hydrogens (tertiary/aromatic N) is 3. The highest BCUT2D eigenvalue weighted by Crippen LogP contribution is 2.66. The van der Waals surface area contributed by atoms with Crippen molar-refractivity contribution in [3.63, 3.8) is 0 Å². The Kier molecular flexibility index (Phi) is 8.22. The minimum absolute atomic E-state index is 0.0298. The molecular weight excluding hydrogens is 593 g/mol. The summed E-state index contributed by atoms with van der Waals surface area (Å²) < 4.78 is 53.7. The number of nitrogen functional groups attached to an aromatic ring is 1. The summed E-state index contributed by atoms with van der Waals surface area (Å²) in [6, 6.07) is 0. The maximum Gasteiger partial charge on any atom is 0.490 e. The number of nitrogens with one attached hydrogen (secondary N) is 1. The lowest BCUT2D eigenvalue weighted by molar-refractivity contribution is -0.0733. The molecule has 3 heterocycles. The van der Waals surface area contributed by atoms with Crippen LogP contribution >= 0.6 is 47.3 Å². The predicted molar refractivity (Wildman–Crippen MR) is 122 cm³/mol. The fourth-order valence-electron chi connectivity index (χ4n) is 3.33. The van der Waals surface area contributed by atoms with Crippen molar-refractivity contribution in [2.45, 2.75) is 37.0 Å². The van der Waals surface area contributed by atoms with E-state index in [4.69, 9.17) is 54.3 Å². The number of hydrogen-bond donors (Lipinski definition) is 8. The van der Waals surface area contributed by atoms with E-state index in [9.17, 15) is 28.6 Å². The van der Waals surface area contributed by atoms with Crippen LogP contribution in [0.3, 0.4) is 0 Å². The maximum absolute atomic E-state index is 12.2. The van der Waals surface area contributed by atoms with Crippen molar-refractivity contribution in [3.8, 4) is 11.3 Å². The van der Waals surface area contributed by atoms with Crippen LogP contribution in [0.25, 0.3) is 11.2 Å². The summed E-state index contributed by atoms with van der Waals surface area (Å²) in [7, 11) is -16.9. The molecule has 0 aromatic carbocycles. The molecule has 3 rings (SSSR count). The van der Waals surface area contributed by atoms with Crippen LogP contribution in [0.4, 0.5) is 5.95 Å². The van der Waals surface area contributed by atoms with E-state index in [0.29, 0.717) is 0 Å². The van der Waals surface area contributed by atoms with E-state index in [2.05, 4.69) is 29.5 Å². The number of fused-ring (bicyclic) bond motifs is 1. The minimum atomic E-state index is -5.78. The first kappa shape index (κ1) is 29.3. The summed E-state index contributed by atoms with van der Waals surface area (Å²) in [4.78, 5) is 47.0. The van der Waals surface area contributed by atoms with Gasteiger partial charge in [-0.1, -0.05) is 18.1 Å².